The predicted molar refractivity (Wildman–Crippen MR) is 134 cm³/mol. The molecule has 4 aromatic rings. The number of aryl methyl sites for hydroxylation is 3. The van der Waals surface area contributed by atoms with Gasteiger partial charge in [-0.1, -0.05) is 55.0 Å². The molecule has 3 aromatic carbocycles. The van der Waals surface area contributed by atoms with E-state index in [1.165, 1.54) is 6.07 Å². The van der Waals surface area contributed by atoms with Crippen molar-refractivity contribution in [1.82, 2.24) is 19.6 Å². The topological polar surface area (TPSA) is 93.1 Å². The smallest absolute Gasteiger partial charge is 0.328 e. The van der Waals surface area contributed by atoms with E-state index in [4.69, 9.17) is 0 Å². The van der Waals surface area contributed by atoms with E-state index < -0.39 is 16.1 Å². The number of imidazole rings is 1. The Morgan fingerprint density at radius 2 is 1.79 bits per heavy atom. The van der Waals surface area contributed by atoms with Gasteiger partial charge in [0, 0.05) is 30.2 Å². The molecular formula is C26H28N4O3S. The molecule has 1 aromatic heterocycles. The van der Waals surface area contributed by atoms with Crippen LogP contribution in [0.4, 0.5) is 4.79 Å². The van der Waals surface area contributed by atoms with Gasteiger partial charge >= 0.3 is 6.03 Å². The first-order valence-corrected chi connectivity index (χ1v) is 12.7. The highest BCUT2D eigenvalue weighted by Crippen LogP contribution is 2.24. The number of sulfonamides is 1. The van der Waals surface area contributed by atoms with E-state index in [9.17, 15) is 13.2 Å². The highest BCUT2D eigenvalue weighted by Gasteiger charge is 2.20. The molecule has 2 amide bonds. The van der Waals surface area contributed by atoms with E-state index in [1.54, 1.807) is 12.1 Å². The molecular weight excluding hydrogens is 448 g/mol. The lowest BCUT2D eigenvalue weighted by Crippen LogP contribution is -2.40. The van der Waals surface area contributed by atoms with Crippen LogP contribution < -0.4 is 10.0 Å². The van der Waals surface area contributed by atoms with Crippen LogP contribution in [0.5, 0.6) is 0 Å². The second-order valence-corrected chi connectivity index (χ2v) is 9.93. The van der Waals surface area contributed by atoms with Crippen molar-refractivity contribution in [2.24, 2.45) is 0 Å². The highest BCUT2D eigenvalue weighted by molar-refractivity contribution is 7.90. The van der Waals surface area contributed by atoms with Gasteiger partial charge in [-0.15, -0.1) is 0 Å². The van der Waals surface area contributed by atoms with Crippen molar-refractivity contribution >= 4 is 26.8 Å². The Hall–Kier alpha value is -3.65. The zero-order valence-corrected chi connectivity index (χ0v) is 20.3. The summed E-state index contributed by atoms with van der Waals surface area (Å²) in [7, 11) is -4.01. The minimum Gasteiger partial charge on any atom is -0.337 e. The number of carbonyl (C=O) groups excluding carboxylic acids is 1. The van der Waals surface area contributed by atoms with Gasteiger partial charge in [0.2, 0.25) is 0 Å². The number of fused-ring (bicyclic) bond motifs is 1. The van der Waals surface area contributed by atoms with Crippen molar-refractivity contribution in [3.05, 3.63) is 89.5 Å². The van der Waals surface area contributed by atoms with E-state index in [0.717, 1.165) is 40.1 Å². The van der Waals surface area contributed by atoms with Crippen molar-refractivity contribution in [2.75, 3.05) is 6.54 Å². The van der Waals surface area contributed by atoms with Gasteiger partial charge in [-0.05, 0) is 49.4 Å². The molecule has 0 saturated heterocycles. The number of amides is 2. The average Bonchev–Trinajstić information content (AvgIpc) is 3.19. The van der Waals surface area contributed by atoms with Crippen LogP contribution in [0.25, 0.3) is 16.5 Å². The second-order valence-electron chi connectivity index (χ2n) is 8.28. The van der Waals surface area contributed by atoms with E-state index in [2.05, 4.69) is 26.5 Å². The Balaban J connectivity index is 1.37. The maximum atomic E-state index is 12.8. The van der Waals surface area contributed by atoms with E-state index in [0.29, 0.717) is 18.4 Å². The lowest BCUT2D eigenvalue weighted by atomic mass is 10.1. The third kappa shape index (κ3) is 5.12. The van der Waals surface area contributed by atoms with E-state index >= 15 is 0 Å². The first kappa shape index (κ1) is 23.5. The molecule has 0 aliphatic rings. The lowest BCUT2D eigenvalue weighted by Gasteiger charge is -2.11. The Morgan fingerprint density at radius 3 is 2.53 bits per heavy atom. The Bertz CT molecular complexity index is 1440. The zero-order chi connectivity index (χ0) is 24.3. The van der Waals surface area contributed by atoms with Crippen LogP contribution in [0.2, 0.25) is 0 Å². The molecule has 176 valence electrons. The number of nitrogens with one attached hydrogen (secondary N) is 2. The molecule has 0 bridgehead atoms. The van der Waals surface area contributed by atoms with Gasteiger partial charge in [0.05, 0.1) is 10.6 Å². The number of hydrogen-bond donors (Lipinski definition) is 2. The third-order valence-electron chi connectivity index (χ3n) is 5.64. The monoisotopic (exact) mass is 476 g/mol. The fourth-order valence-electron chi connectivity index (χ4n) is 3.97. The number of aromatic nitrogens is 2. The number of urea groups is 1. The van der Waals surface area contributed by atoms with Gasteiger partial charge in [0.25, 0.3) is 10.0 Å². The molecule has 0 saturated carbocycles. The molecule has 8 heteroatoms. The van der Waals surface area contributed by atoms with Crippen LogP contribution in [0.3, 0.4) is 0 Å². The fourth-order valence-corrected chi connectivity index (χ4v) is 5.12. The Labute approximate surface area is 199 Å². The summed E-state index contributed by atoms with van der Waals surface area (Å²) in [6, 6.07) is 17.9. The first-order chi connectivity index (χ1) is 16.3. The van der Waals surface area contributed by atoms with E-state index in [-0.39, 0.29) is 4.90 Å². The van der Waals surface area contributed by atoms with Crippen LogP contribution in [0.1, 0.15) is 29.6 Å². The van der Waals surface area contributed by atoms with Gasteiger partial charge in [0.15, 0.2) is 0 Å². The van der Waals surface area contributed by atoms with E-state index in [1.807, 2.05) is 62.5 Å². The summed E-state index contributed by atoms with van der Waals surface area (Å²) in [6.45, 7) is 6.25. The molecule has 4 rings (SSSR count). The maximum absolute atomic E-state index is 12.8. The van der Waals surface area contributed by atoms with Crippen LogP contribution in [0, 0.1) is 13.8 Å². The normalized spacial score (nSPS) is 11.5. The lowest BCUT2D eigenvalue weighted by molar-refractivity contribution is 0.246. The number of nitrogens with zero attached hydrogens (tertiary/aromatic N) is 2. The molecule has 0 aliphatic heterocycles. The van der Waals surface area contributed by atoms with Gasteiger partial charge in [-0.2, -0.15) is 0 Å². The summed E-state index contributed by atoms with van der Waals surface area (Å²) in [6.07, 6.45) is 3.43. The standard InChI is InChI=1S/C26H28N4O3S/c1-4-25-28-19(3)17-30(25)22-12-9-20(10-13-22)14-15-27-26(31)29-34(32,33)24-7-5-6-21-11-8-18(2)16-23(21)24/h5-13,16-17H,4,14-15H2,1-3H3,(H2,27,29,31). The summed E-state index contributed by atoms with van der Waals surface area (Å²) >= 11 is 0. The molecule has 2 N–H and O–H groups in total. The number of hydrogen-bond acceptors (Lipinski definition) is 4. The summed E-state index contributed by atoms with van der Waals surface area (Å²) in [5, 5.41) is 4.03. The maximum Gasteiger partial charge on any atom is 0.328 e. The molecule has 7 nitrogen and oxygen atoms in total. The number of rotatable bonds is 7. The van der Waals surface area contributed by atoms with Gasteiger partial charge in [-0.25, -0.2) is 22.9 Å². The van der Waals surface area contributed by atoms with Gasteiger partial charge < -0.3 is 9.88 Å². The summed E-state index contributed by atoms with van der Waals surface area (Å²) in [4.78, 5) is 16.9. The highest BCUT2D eigenvalue weighted by atomic mass is 32.2. The average molecular weight is 477 g/mol. The largest absolute Gasteiger partial charge is 0.337 e. The van der Waals surface area contributed by atoms with Crippen LogP contribution in [0.15, 0.2) is 71.8 Å². The van der Waals surface area contributed by atoms with Gasteiger partial charge in [-0.3, -0.25) is 0 Å². The van der Waals surface area contributed by atoms with Gasteiger partial charge in [0.1, 0.15) is 5.82 Å². The number of benzene rings is 3. The fraction of sp³-hybridized carbons (Fsp3) is 0.231. The molecule has 0 aliphatic carbocycles. The number of carbonyl (C=O) groups is 1. The van der Waals surface area contributed by atoms with Crippen molar-refractivity contribution in [3.8, 4) is 5.69 Å². The molecule has 34 heavy (non-hydrogen) atoms. The molecule has 0 atom stereocenters. The van der Waals surface area contributed by atoms with Crippen LogP contribution >= 0.6 is 0 Å². The zero-order valence-electron chi connectivity index (χ0n) is 19.5. The molecule has 0 fully saturated rings. The van der Waals surface area contributed by atoms with Crippen molar-refractivity contribution in [2.45, 2.75) is 38.5 Å². The minimum absolute atomic E-state index is 0.0839. The summed E-state index contributed by atoms with van der Waals surface area (Å²) < 4.78 is 29.9. The molecule has 0 unspecified atom stereocenters. The van der Waals surface area contributed by atoms with Crippen LogP contribution in [-0.4, -0.2) is 30.5 Å². The van der Waals surface area contributed by atoms with Crippen LogP contribution in [-0.2, 0) is 22.9 Å². The quantitative estimate of drug-likeness (QED) is 0.413. The Kier molecular flexibility index (Phi) is 6.70. The van der Waals surface area contributed by atoms with Crippen molar-refractivity contribution in [1.29, 1.82) is 0 Å². The SMILES string of the molecule is CCc1nc(C)cn1-c1ccc(CCNC(=O)NS(=O)(=O)c2cccc3ccc(C)cc23)cc1. The summed E-state index contributed by atoms with van der Waals surface area (Å²) in [5.74, 6) is 1.01. The first-order valence-electron chi connectivity index (χ1n) is 11.2. The molecule has 1 heterocycles. The molecule has 0 spiro atoms. The van der Waals surface area contributed by atoms with Crippen molar-refractivity contribution in [3.63, 3.8) is 0 Å². The molecule has 0 radical (unpaired) electrons. The second kappa shape index (κ2) is 9.69. The van der Waals surface area contributed by atoms with Crippen molar-refractivity contribution < 1.29 is 13.2 Å². The Morgan fingerprint density at radius 1 is 1.03 bits per heavy atom. The summed E-state index contributed by atoms with van der Waals surface area (Å²) in [5.41, 5.74) is 3.99. The third-order valence-corrected chi connectivity index (χ3v) is 7.03. The predicted octanol–water partition coefficient (Wildman–Crippen LogP) is 4.44. The minimum atomic E-state index is -4.01.